The zero-order chi connectivity index (χ0) is 20.5. The molecule has 2 amide bonds. The molecule has 1 heterocycles. The van der Waals surface area contributed by atoms with Crippen LogP contribution in [0.3, 0.4) is 0 Å². The molecular weight excluding hydrogens is 374 g/mol. The zero-order valence-corrected chi connectivity index (χ0v) is 14.6. The van der Waals surface area contributed by atoms with Crippen molar-refractivity contribution >= 4 is 29.2 Å². The molecule has 11 heteroatoms. The summed E-state index contributed by atoms with van der Waals surface area (Å²) in [5.74, 6) is -9.75. The van der Waals surface area contributed by atoms with Gasteiger partial charge in [-0.05, 0) is 6.92 Å². The van der Waals surface area contributed by atoms with Crippen LogP contribution in [0.15, 0.2) is 11.2 Å². The van der Waals surface area contributed by atoms with E-state index in [0.29, 0.717) is 0 Å². The van der Waals surface area contributed by atoms with Crippen LogP contribution in [-0.2, 0) is 19.1 Å². The Hall–Kier alpha value is -2.98. The first-order chi connectivity index (χ1) is 12.5. The molecule has 0 unspecified atom stereocenters. The second-order valence-electron chi connectivity index (χ2n) is 5.85. The molecule has 0 aliphatic carbocycles. The van der Waals surface area contributed by atoms with Gasteiger partial charge in [0, 0.05) is 33.0 Å². The fourth-order valence-corrected chi connectivity index (χ4v) is 2.26. The van der Waals surface area contributed by atoms with Crippen LogP contribution in [0.1, 0.15) is 19.8 Å². The van der Waals surface area contributed by atoms with Gasteiger partial charge >= 0.3 is 5.97 Å². The van der Waals surface area contributed by atoms with E-state index in [4.69, 9.17) is 4.74 Å². The van der Waals surface area contributed by atoms with Gasteiger partial charge in [0.2, 0.25) is 5.91 Å². The van der Waals surface area contributed by atoms with Crippen LogP contribution in [0, 0.1) is 23.3 Å². The van der Waals surface area contributed by atoms with E-state index in [0.717, 1.165) is 0 Å². The van der Waals surface area contributed by atoms with Crippen molar-refractivity contribution in [2.45, 2.75) is 25.9 Å². The highest BCUT2D eigenvalue weighted by molar-refractivity contribution is 6.38. The maximum absolute atomic E-state index is 13.9. The van der Waals surface area contributed by atoms with Gasteiger partial charge in [-0.2, -0.15) is 10.1 Å². The largest absolute Gasteiger partial charge is 0.448 e. The molecule has 1 atom stereocenters. The van der Waals surface area contributed by atoms with Gasteiger partial charge < -0.3 is 9.64 Å². The molecule has 1 aliphatic rings. The highest BCUT2D eigenvalue weighted by atomic mass is 19.2. The fourth-order valence-electron chi connectivity index (χ4n) is 2.26. The number of halogens is 4. The molecule has 2 rings (SSSR count). The number of nitrogens with zero attached hydrogens (tertiary/aromatic N) is 3. The molecule has 0 fully saturated rings. The van der Waals surface area contributed by atoms with Crippen LogP contribution in [0.5, 0.6) is 0 Å². The average Bonchev–Trinajstić information content (AvgIpc) is 2.60. The van der Waals surface area contributed by atoms with Gasteiger partial charge in [0.25, 0.3) is 5.91 Å². The number of carbonyl (C=O) groups excluding carboxylic acids is 3. The Balaban J connectivity index is 2.36. The summed E-state index contributed by atoms with van der Waals surface area (Å²) in [7, 11) is 2.88. The molecule has 0 saturated heterocycles. The van der Waals surface area contributed by atoms with E-state index in [9.17, 15) is 31.9 Å². The Labute approximate surface area is 151 Å². The summed E-state index contributed by atoms with van der Waals surface area (Å²) in [5, 5.41) is 3.56. The van der Waals surface area contributed by atoms with E-state index in [1.165, 1.54) is 25.9 Å². The molecule has 0 bridgehead atoms. The summed E-state index contributed by atoms with van der Waals surface area (Å²) in [6.45, 7) is 1.30. The normalized spacial score (nSPS) is 15.3. The van der Waals surface area contributed by atoms with Crippen molar-refractivity contribution < 1.29 is 36.7 Å². The summed E-state index contributed by atoms with van der Waals surface area (Å²) in [4.78, 5) is 37.0. The van der Waals surface area contributed by atoms with Crippen LogP contribution in [0.25, 0.3) is 0 Å². The Bertz CT molecular complexity index is 815. The van der Waals surface area contributed by atoms with E-state index >= 15 is 0 Å². The van der Waals surface area contributed by atoms with Crippen LogP contribution in [0.4, 0.5) is 23.2 Å². The first kappa shape index (κ1) is 20.3. The van der Waals surface area contributed by atoms with E-state index in [1.54, 1.807) is 0 Å². The van der Waals surface area contributed by atoms with Crippen molar-refractivity contribution in [1.82, 2.24) is 4.90 Å². The van der Waals surface area contributed by atoms with Crippen LogP contribution >= 0.6 is 0 Å². The van der Waals surface area contributed by atoms with E-state index in [-0.39, 0.29) is 17.5 Å². The number of benzene rings is 1. The molecule has 1 aromatic carbocycles. The number of rotatable bonds is 4. The number of carbonyl (C=O) groups is 3. The van der Waals surface area contributed by atoms with Gasteiger partial charge in [-0.15, -0.1) is 0 Å². The Kier molecular flexibility index (Phi) is 5.82. The Morgan fingerprint density at radius 2 is 1.70 bits per heavy atom. The number of likely N-dealkylation sites (N-methyl/N-ethyl adjacent to an activating group) is 1. The van der Waals surface area contributed by atoms with Crippen molar-refractivity contribution in [3.63, 3.8) is 0 Å². The summed E-state index contributed by atoms with van der Waals surface area (Å²) in [5.41, 5.74) is -1.81. The molecule has 0 aromatic heterocycles. The summed E-state index contributed by atoms with van der Waals surface area (Å²) in [6.07, 6.45) is -1.83. The third-order valence-corrected chi connectivity index (χ3v) is 3.64. The Morgan fingerprint density at radius 3 is 2.22 bits per heavy atom. The topological polar surface area (TPSA) is 79.3 Å². The molecule has 7 nitrogen and oxygen atoms in total. The summed E-state index contributed by atoms with van der Waals surface area (Å²) in [6, 6.07) is -0.0178. The number of anilines is 1. The highest BCUT2D eigenvalue weighted by Crippen LogP contribution is 2.30. The van der Waals surface area contributed by atoms with E-state index in [2.05, 4.69) is 5.10 Å². The van der Waals surface area contributed by atoms with Crippen LogP contribution in [-0.4, -0.2) is 48.6 Å². The van der Waals surface area contributed by atoms with E-state index in [1.807, 2.05) is 0 Å². The average molecular weight is 389 g/mol. The highest BCUT2D eigenvalue weighted by Gasteiger charge is 2.33. The maximum atomic E-state index is 13.9. The first-order valence-electron chi connectivity index (χ1n) is 7.70. The SMILES string of the molecule is C[C@@H](OC(=O)C1=NN(c2c(F)c(F)cc(F)c2F)C(=O)CC1)C(=O)N(C)C. The molecule has 146 valence electrons. The quantitative estimate of drug-likeness (QED) is 0.447. The van der Waals surface area contributed by atoms with Gasteiger partial charge in [-0.3, -0.25) is 9.59 Å². The van der Waals surface area contributed by atoms with Gasteiger partial charge in [0.1, 0.15) is 11.4 Å². The zero-order valence-electron chi connectivity index (χ0n) is 14.6. The van der Waals surface area contributed by atoms with Gasteiger partial charge in [-0.25, -0.2) is 22.4 Å². The summed E-state index contributed by atoms with van der Waals surface area (Å²) < 4.78 is 59.5. The van der Waals surface area contributed by atoms with Crippen molar-refractivity contribution in [3.8, 4) is 0 Å². The van der Waals surface area contributed by atoms with Gasteiger partial charge in [0.05, 0.1) is 0 Å². The molecule has 27 heavy (non-hydrogen) atoms. The number of esters is 1. The van der Waals surface area contributed by atoms with Crippen molar-refractivity contribution in [2.24, 2.45) is 5.10 Å². The molecular formula is C16H15F4N3O4. The van der Waals surface area contributed by atoms with E-state index < -0.39 is 65.0 Å². The number of hydrogen-bond acceptors (Lipinski definition) is 5. The van der Waals surface area contributed by atoms with Gasteiger partial charge in [-0.1, -0.05) is 0 Å². The molecule has 0 saturated carbocycles. The lowest BCUT2D eigenvalue weighted by Gasteiger charge is -2.24. The Morgan fingerprint density at radius 1 is 1.15 bits per heavy atom. The number of hydrogen-bond donors (Lipinski definition) is 0. The number of ether oxygens (including phenoxy) is 1. The third kappa shape index (κ3) is 4.07. The minimum atomic E-state index is -1.84. The van der Waals surface area contributed by atoms with Crippen molar-refractivity contribution in [3.05, 3.63) is 29.3 Å². The maximum Gasteiger partial charge on any atom is 0.355 e. The summed E-state index contributed by atoms with van der Waals surface area (Å²) >= 11 is 0. The third-order valence-electron chi connectivity index (χ3n) is 3.64. The lowest BCUT2D eigenvalue weighted by Crippen LogP contribution is -2.39. The molecule has 0 spiro atoms. The lowest BCUT2D eigenvalue weighted by molar-refractivity contribution is -0.152. The lowest BCUT2D eigenvalue weighted by atomic mass is 10.1. The number of amides is 2. The monoisotopic (exact) mass is 389 g/mol. The predicted octanol–water partition coefficient (Wildman–Crippen LogP) is 1.75. The van der Waals surface area contributed by atoms with Crippen LogP contribution < -0.4 is 5.01 Å². The standard InChI is InChI=1S/C16H15F4N3O4/c1-7(15(25)22(2)3)27-16(26)10-4-5-11(24)23(21-10)14-12(19)8(17)6-9(18)13(14)20/h6-7H,4-5H2,1-3H3/t7-/m1/s1. The van der Waals surface area contributed by atoms with Crippen molar-refractivity contribution in [1.29, 1.82) is 0 Å². The minimum absolute atomic E-state index is 0.0178. The molecule has 0 radical (unpaired) electrons. The predicted molar refractivity (Wildman–Crippen MR) is 84.7 cm³/mol. The van der Waals surface area contributed by atoms with Crippen LogP contribution in [0.2, 0.25) is 0 Å². The molecule has 0 N–H and O–H groups in total. The van der Waals surface area contributed by atoms with Crippen molar-refractivity contribution in [2.75, 3.05) is 19.1 Å². The fraction of sp³-hybridized carbons (Fsp3) is 0.375. The molecule has 1 aliphatic heterocycles. The second-order valence-corrected chi connectivity index (χ2v) is 5.85. The smallest absolute Gasteiger partial charge is 0.355 e. The second kappa shape index (κ2) is 7.72. The number of hydrazone groups is 1. The minimum Gasteiger partial charge on any atom is -0.448 e. The first-order valence-corrected chi connectivity index (χ1v) is 7.70. The molecule has 1 aromatic rings. The van der Waals surface area contributed by atoms with Gasteiger partial charge in [0.15, 0.2) is 29.4 Å².